The van der Waals surface area contributed by atoms with Crippen molar-refractivity contribution in [3.05, 3.63) is 0 Å². The van der Waals surface area contributed by atoms with Crippen LogP contribution in [0.3, 0.4) is 0 Å². The van der Waals surface area contributed by atoms with Crippen LogP contribution in [0, 0.1) is 0 Å². The Labute approximate surface area is 110 Å². The van der Waals surface area contributed by atoms with Gasteiger partial charge >= 0.3 is 16.3 Å². The maximum absolute atomic E-state index is 13.8. The van der Waals surface area contributed by atoms with E-state index in [4.69, 9.17) is 9.05 Å². The number of hydrogen-bond acceptors (Lipinski definition) is 3. The van der Waals surface area contributed by atoms with Gasteiger partial charge in [0.1, 0.15) is 0 Å². The third kappa shape index (κ3) is 5.91. The Morgan fingerprint density at radius 1 is 1.11 bits per heavy atom. The molecule has 0 radical (unpaired) electrons. The summed E-state index contributed by atoms with van der Waals surface area (Å²) in [6.45, 7) is 8.64. The molecule has 0 N–H and O–H groups in total. The van der Waals surface area contributed by atoms with Crippen LogP contribution in [0.1, 0.15) is 41.0 Å². The van der Waals surface area contributed by atoms with Crippen molar-refractivity contribution >= 4 is 16.3 Å². The molecule has 0 rings (SSSR count). The van der Waals surface area contributed by atoms with Crippen LogP contribution in [0.5, 0.6) is 0 Å². The Kier molecular flexibility index (Phi) is 7.22. The minimum Gasteiger partial charge on any atom is -0.309 e. The first kappa shape index (κ1) is 18.2. The van der Waals surface area contributed by atoms with Crippen molar-refractivity contribution < 1.29 is 21.8 Å². The Balaban J connectivity index is 4.35. The molecule has 0 aliphatic rings. The molecule has 0 aromatic heterocycles. The van der Waals surface area contributed by atoms with Crippen molar-refractivity contribution in [2.24, 2.45) is 0 Å². The van der Waals surface area contributed by atoms with Crippen LogP contribution in [0.25, 0.3) is 0 Å². The minimum atomic E-state index is -4.28. The van der Waals surface area contributed by atoms with E-state index in [1.165, 1.54) is 0 Å². The molecular weight excluding hydrogens is 277 g/mol. The molecule has 0 unspecified atom stereocenters. The third-order valence-corrected chi connectivity index (χ3v) is 8.01. The standard InChI is InChI=1S/C11H25F2O3PSi/c1-6-15-17(14,16-7-2)9-8-10-18(12,13)11(3,4)5/h6-10H2,1-5H3. The molecule has 0 aliphatic carbocycles. The van der Waals surface area contributed by atoms with E-state index >= 15 is 0 Å². The van der Waals surface area contributed by atoms with Crippen LogP contribution in [0.4, 0.5) is 8.22 Å². The predicted molar refractivity (Wildman–Crippen MR) is 72.8 cm³/mol. The van der Waals surface area contributed by atoms with Gasteiger partial charge in [-0.2, -0.15) is 0 Å². The minimum absolute atomic E-state index is 0.0767. The molecule has 0 aromatic rings. The second kappa shape index (κ2) is 7.13. The lowest BCUT2D eigenvalue weighted by Crippen LogP contribution is -2.34. The molecule has 0 fully saturated rings. The molecule has 0 heterocycles. The molecule has 0 aromatic carbocycles. The molecule has 0 saturated heterocycles. The highest BCUT2D eigenvalue weighted by Crippen LogP contribution is 2.50. The molecular formula is C11H25F2O3PSi. The van der Waals surface area contributed by atoms with Crippen molar-refractivity contribution in [3.8, 4) is 0 Å². The van der Waals surface area contributed by atoms with Gasteiger partial charge in [0.05, 0.1) is 19.4 Å². The van der Waals surface area contributed by atoms with Crippen molar-refractivity contribution in [1.29, 1.82) is 0 Å². The van der Waals surface area contributed by atoms with E-state index in [1.807, 2.05) is 0 Å². The molecule has 0 spiro atoms. The van der Waals surface area contributed by atoms with Crippen molar-refractivity contribution in [3.63, 3.8) is 0 Å². The van der Waals surface area contributed by atoms with Gasteiger partial charge in [0.2, 0.25) is 0 Å². The van der Waals surface area contributed by atoms with Crippen LogP contribution >= 0.6 is 7.60 Å². The van der Waals surface area contributed by atoms with Crippen LogP contribution < -0.4 is 0 Å². The van der Waals surface area contributed by atoms with Crippen molar-refractivity contribution in [2.75, 3.05) is 19.4 Å². The lowest BCUT2D eigenvalue weighted by atomic mass is 10.2. The molecule has 0 atom stereocenters. The van der Waals surface area contributed by atoms with Crippen molar-refractivity contribution in [1.82, 2.24) is 0 Å². The maximum atomic E-state index is 13.8. The van der Waals surface area contributed by atoms with E-state index in [9.17, 15) is 12.8 Å². The summed E-state index contributed by atoms with van der Waals surface area (Å²) in [4.78, 5) is 0. The van der Waals surface area contributed by atoms with Gasteiger partial charge in [0, 0.05) is 5.04 Å². The van der Waals surface area contributed by atoms with Gasteiger partial charge in [-0.1, -0.05) is 20.8 Å². The first-order valence-corrected chi connectivity index (χ1v) is 10.0. The average molecular weight is 302 g/mol. The summed E-state index contributed by atoms with van der Waals surface area (Å²) in [6.07, 6.45) is 0.265. The fourth-order valence-electron chi connectivity index (χ4n) is 1.43. The first-order chi connectivity index (χ1) is 8.08. The van der Waals surface area contributed by atoms with Crippen LogP contribution in [-0.4, -0.2) is 28.1 Å². The summed E-state index contributed by atoms with van der Waals surface area (Å²) < 4.78 is 49.9. The topological polar surface area (TPSA) is 35.5 Å². The summed E-state index contributed by atoms with van der Waals surface area (Å²) in [5.41, 5.74) is 0. The average Bonchev–Trinajstić information content (AvgIpc) is 2.15. The van der Waals surface area contributed by atoms with E-state index < -0.39 is 21.4 Å². The third-order valence-electron chi connectivity index (χ3n) is 2.67. The summed E-state index contributed by atoms with van der Waals surface area (Å²) in [5.74, 6) is 0. The smallest absolute Gasteiger partial charge is 0.309 e. The summed E-state index contributed by atoms with van der Waals surface area (Å²) in [7, 11) is -7.45. The molecule has 3 nitrogen and oxygen atoms in total. The Morgan fingerprint density at radius 2 is 1.56 bits per heavy atom. The zero-order valence-corrected chi connectivity index (χ0v) is 13.9. The van der Waals surface area contributed by atoms with Crippen LogP contribution in [0.2, 0.25) is 11.1 Å². The summed E-state index contributed by atoms with van der Waals surface area (Å²) in [5, 5.41) is -0.950. The largest absolute Gasteiger partial charge is 0.430 e. The Bertz CT molecular complexity index is 283. The molecule has 7 heteroatoms. The van der Waals surface area contributed by atoms with E-state index in [0.717, 1.165) is 0 Å². The van der Waals surface area contributed by atoms with E-state index in [2.05, 4.69) is 0 Å². The summed E-state index contributed by atoms with van der Waals surface area (Å²) >= 11 is 0. The lowest BCUT2D eigenvalue weighted by Gasteiger charge is -2.27. The molecule has 0 aliphatic heterocycles. The second-order valence-corrected chi connectivity index (χ2v) is 10.8. The van der Waals surface area contributed by atoms with Gasteiger partial charge in [-0.15, -0.1) is 0 Å². The summed E-state index contributed by atoms with van der Waals surface area (Å²) in [6, 6.07) is -0.166. The van der Waals surface area contributed by atoms with Gasteiger partial charge in [-0.25, -0.2) is 0 Å². The fourth-order valence-corrected chi connectivity index (χ4v) is 4.76. The zero-order chi connectivity index (χ0) is 14.4. The highest BCUT2D eigenvalue weighted by atomic mass is 31.2. The number of halogens is 2. The second-order valence-electron chi connectivity index (χ2n) is 5.23. The zero-order valence-electron chi connectivity index (χ0n) is 12.0. The molecule has 0 amide bonds. The predicted octanol–water partition coefficient (Wildman–Crippen LogP) is 4.82. The normalized spacial score (nSPS) is 13.9. The van der Waals surface area contributed by atoms with Gasteiger partial charge in [-0.3, -0.25) is 12.8 Å². The van der Waals surface area contributed by atoms with Gasteiger partial charge in [0.15, 0.2) is 0 Å². The Hall–Kier alpha value is 0.227. The molecule has 0 saturated carbocycles. The van der Waals surface area contributed by atoms with Crippen molar-refractivity contribution in [2.45, 2.75) is 52.1 Å². The van der Waals surface area contributed by atoms with E-state index in [-0.39, 0.29) is 31.8 Å². The van der Waals surface area contributed by atoms with Gasteiger partial charge < -0.3 is 9.05 Å². The highest BCUT2D eigenvalue weighted by Gasteiger charge is 2.47. The number of rotatable bonds is 8. The Morgan fingerprint density at radius 3 is 1.89 bits per heavy atom. The molecule has 110 valence electrons. The first-order valence-electron chi connectivity index (χ1n) is 6.34. The lowest BCUT2D eigenvalue weighted by molar-refractivity contribution is 0.220. The quantitative estimate of drug-likeness (QED) is 0.366. The molecule has 18 heavy (non-hydrogen) atoms. The van der Waals surface area contributed by atoms with Gasteiger partial charge in [0.25, 0.3) is 0 Å². The molecule has 0 bridgehead atoms. The van der Waals surface area contributed by atoms with Crippen LogP contribution in [0.15, 0.2) is 0 Å². The monoisotopic (exact) mass is 302 g/mol. The maximum Gasteiger partial charge on any atom is 0.430 e. The van der Waals surface area contributed by atoms with Gasteiger partial charge in [-0.05, 0) is 26.3 Å². The highest BCUT2D eigenvalue weighted by molar-refractivity contribution is 7.53. The number of hydrogen-bond donors (Lipinski definition) is 0. The van der Waals surface area contributed by atoms with Crippen LogP contribution in [-0.2, 0) is 13.6 Å². The fraction of sp³-hybridized carbons (Fsp3) is 1.00. The van der Waals surface area contributed by atoms with E-state index in [0.29, 0.717) is 0 Å². The van der Waals surface area contributed by atoms with E-state index in [1.54, 1.807) is 34.6 Å². The SMILES string of the molecule is CCOP(=O)(CCC[Si](F)(F)C(C)(C)C)OCC.